The van der Waals surface area contributed by atoms with Crippen LogP contribution in [0, 0.1) is 0 Å². The van der Waals surface area contributed by atoms with Crippen molar-refractivity contribution in [3.63, 3.8) is 0 Å². The Balaban J connectivity index is 2.21. The van der Waals surface area contributed by atoms with Crippen molar-refractivity contribution < 1.29 is 18.3 Å². The van der Waals surface area contributed by atoms with Crippen molar-refractivity contribution in [3.8, 4) is 0 Å². The van der Waals surface area contributed by atoms with Crippen molar-refractivity contribution in [1.29, 1.82) is 0 Å². The van der Waals surface area contributed by atoms with Gasteiger partial charge in [-0.05, 0) is 36.6 Å². The summed E-state index contributed by atoms with van der Waals surface area (Å²) in [7, 11) is 0. The van der Waals surface area contributed by atoms with Gasteiger partial charge in [-0.3, -0.25) is 0 Å². The van der Waals surface area contributed by atoms with E-state index in [-0.39, 0.29) is 12.6 Å². The maximum atomic E-state index is 12.4. The Morgan fingerprint density at radius 3 is 2.75 bits per heavy atom. The van der Waals surface area contributed by atoms with Crippen LogP contribution < -0.4 is 5.32 Å². The van der Waals surface area contributed by atoms with E-state index < -0.39 is 11.7 Å². The molecule has 0 fully saturated rings. The van der Waals surface area contributed by atoms with E-state index in [0.29, 0.717) is 18.4 Å². The molecular weight excluding hydrogens is 219 g/mol. The van der Waals surface area contributed by atoms with Gasteiger partial charge in [0.15, 0.2) is 0 Å². The quantitative estimate of drug-likeness (QED) is 0.819. The molecule has 0 amide bonds. The first kappa shape index (κ1) is 11.3. The van der Waals surface area contributed by atoms with E-state index in [4.69, 9.17) is 5.11 Å². The molecule has 1 atom stereocenters. The molecule has 0 radical (unpaired) electrons. The zero-order chi connectivity index (χ0) is 11.8. The molecule has 2 rings (SSSR count). The van der Waals surface area contributed by atoms with Gasteiger partial charge in [-0.1, -0.05) is 0 Å². The molecular formula is C11H12F3NO. The second-order valence-electron chi connectivity index (χ2n) is 3.93. The Morgan fingerprint density at radius 2 is 2.12 bits per heavy atom. The first-order chi connectivity index (χ1) is 7.50. The third kappa shape index (κ3) is 2.14. The van der Waals surface area contributed by atoms with Crippen molar-refractivity contribution in [1.82, 2.24) is 0 Å². The summed E-state index contributed by atoms with van der Waals surface area (Å²) in [5.74, 6) is 0. The van der Waals surface area contributed by atoms with E-state index in [1.54, 1.807) is 0 Å². The van der Waals surface area contributed by atoms with Gasteiger partial charge in [0.1, 0.15) is 0 Å². The van der Waals surface area contributed by atoms with Crippen molar-refractivity contribution in [3.05, 3.63) is 29.3 Å². The lowest BCUT2D eigenvalue weighted by atomic mass is 10.1. The third-order valence-corrected chi connectivity index (χ3v) is 2.74. The highest BCUT2D eigenvalue weighted by Gasteiger charge is 2.32. The van der Waals surface area contributed by atoms with Crippen LogP contribution >= 0.6 is 0 Å². The molecule has 88 valence electrons. The molecule has 0 aromatic heterocycles. The Hall–Kier alpha value is -1.23. The number of hydrogen-bond acceptors (Lipinski definition) is 2. The summed E-state index contributed by atoms with van der Waals surface area (Å²) in [5, 5.41) is 11.9. The number of rotatable bonds is 2. The average molecular weight is 231 g/mol. The second-order valence-corrected chi connectivity index (χ2v) is 3.93. The van der Waals surface area contributed by atoms with Gasteiger partial charge >= 0.3 is 6.18 Å². The molecule has 0 saturated heterocycles. The van der Waals surface area contributed by atoms with E-state index in [9.17, 15) is 13.2 Å². The number of alkyl halides is 3. The number of benzene rings is 1. The highest BCUT2D eigenvalue weighted by Crippen LogP contribution is 2.34. The van der Waals surface area contributed by atoms with Crippen molar-refractivity contribution in [2.75, 3.05) is 11.9 Å². The number of hydrogen-bond donors (Lipinski definition) is 2. The lowest BCUT2D eigenvalue weighted by Crippen LogP contribution is -2.16. The van der Waals surface area contributed by atoms with Crippen LogP contribution in [-0.2, 0) is 12.6 Å². The molecule has 1 heterocycles. The van der Waals surface area contributed by atoms with Crippen LogP contribution in [0.25, 0.3) is 0 Å². The van der Waals surface area contributed by atoms with Crippen LogP contribution in [0.5, 0.6) is 0 Å². The van der Waals surface area contributed by atoms with E-state index in [1.165, 1.54) is 12.1 Å². The molecule has 5 heteroatoms. The number of fused-ring (bicyclic) bond motifs is 1. The monoisotopic (exact) mass is 231 g/mol. The molecule has 1 aliphatic heterocycles. The van der Waals surface area contributed by atoms with E-state index in [0.717, 1.165) is 11.8 Å². The van der Waals surface area contributed by atoms with E-state index in [1.807, 2.05) is 0 Å². The fraction of sp³-hybridized carbons (Fsp3) is 0.455. The minimum absolute atomic E-state index is 0.0395. The number of aliphatic hydroxyl groups is 1. The standard InChI is InChI=1S/C11H12F3NO/c12-11(13,14)8-1-2-10-7(5-8)6-9(15-10)3-4-16/h1-2,5,9,15-16H,3-4,6H2. The molecule has 0 bridgehead atoms. The molecule has 0 spiro atoms. The van der Waals surface area contributed by atoms with Gasteiger partial charge in [-0.15, -0.1) is 0 Å². The number of halogens is 3. The van der Waals surface area contributed by atoms with Gasteiger partial charge in [0.2, 0.25) is 0 Å². The zero-order valence-corrected chi connectivity index (χ0v) is 8.51. The first-order valence-electron chi connectivity index (χ1n) is 5.08. The molecule has 1 unspecified atom stereocenters. The highest BCUT2D eigenvalue weighted by atomic mass is 19.4. The summed E-state index contributed by atoms with van der Waals surface area (Å²) < 4.78 is 37.3. The fourth-order valence-corrected chi connectivity index (χ4v) is 1.95. The summed E-state index contributed by atoms with van der Waals surface area (Å²) in [5.41, 5.74) is 0.803. The number of aliphatic hydroxyl groups excluding tert-OH is 1. The SMILES string of the molecule is OCCC1Cc2cc(C(F)(F)F)ccc2N1. The van der Waals surface area contributed by atoms with Crippen LogP contribution in [0.1, 0.15) is 17.5 Å². The molecule has 2 N–H and O–H groups in total. The van der Waals surface area contributed by atoms with E-state index >= 15 is 0 Å². The summed E-state index contributed by atoms with van der Waals surface area (Å²) in [6.07, 6.45) is -3.19. The molecule has 1 aromatic carbocycles. The van der Waals surface area contributed by atoms with Gasteiger partial charge in [-0.25, -0.2) is 0 Å². The summed E-state index contributed by atoms with van der Waals surface area (Å²) >= 11 is 0. The molecule has 0 aliphatic carbocycles. The minimum atomic E-state index is -4.29. The predicted octanol–water partition coefficient (Wildman–Crippen LogP) is 2.42. The van der Waals surface area contributed by atoms with Gasteiger partial charge in [-0.2, -0.15) is 13.2 Å². The van der Waals surface area contributed by atoms with Crippen molar-refractivity contribution in [2.45, 2.75) is 25.1 Å². The molecule has 0 saturated carbocycles. The lowest BCUT2D eigenvalue weighted by Gasteiger charge is -2.08. The highest BCUT2D eigenvalue weighted by molar-refractivity contribution is 5.58. The summed E-state index contributed by atoms with van der Waals surface area (Å²) in [6.45, 7) is 0.0395. The van der Waals surface area contributed by atoms with Crippen LogP contribution in [0.4, 0.5) is 18.9 Å². The molecule has 16 heavy (non-hydrogen) atoms. The Morgan fingerprint density at radius 1 is 1.38 bits per heavy atom. The topological polar surface area (TPSA) is 32.3 Å². The Labute approximate surface area is 91.1 Å². The predicted molar refractivity (Wildman–Crippen MR) is 54.3 cm³/mol. The van der Waals surface area contributed by atoms with Crippen molar-refractivity contribution >= 4 is 5.69 Å². The average Bonchev–Trinajstić information content (AvgIpc) is 2.57. The van der Waals surface area contributed by atoms with E-state index in [2.05, 4.69) is 5.32 Å². The smallest absolute Gasteiger partial charge is 0.396 e. The van der Waals surface area contributed by atoms with Crippen LogP contribution in [0.2, 0.25) is 0 Å². The summed E-state index contributed by atoms with van der Waals surface area (Å²) in [6, 6.07) is 3.76. The molecule has 2 nitrogen and oxygen atoms in total. The molecule has 1 aromatic rings. The third-order valence-electron chi connectivity index (χ3n) is 2.74. The normalized spacial score (nSPS) is 19.4. The van der Waals surface area contributed by atoms with Crippen LogP contribution in [0.3, 0.4) is 0 Å². The minimum Gasteiger partial charge on any atom is -0.396 e. The van der Waals surface area contributed by atoms with Gasteiger partial charge < -0.3 is 10.4 Å². The Kier molecular flexibility index (Phi) is 2.80. The Bertz CT molecular complexity index is 389. The number of nitrogens with one attached hydrogen (secondary N) is 1. The fourth-order valence-electron chi connectivity index (χ4n) is 1.95. The first-order valence-corrected chi connectivity index (χ1v) is 5.08. The largest absolute Gasteiger partial charge is 0.416 e. The van der Waals surface area contributed by atoms with Crippen LogP contribution in [-0.4, -0.2) is 17.8 Å². The van der Waals surface area contributed by atoms with Crippen LogP contribution in [0.15, 0.2) is 18.2 Å². The maximum absolute atomic E-state index is 12.4. The van der Waals surface area contributed by atoms with Gasteiger partial charge in [0, 0.05) is 18.3 Å². The molecule has 1 aliphatic rings. The summed E-state index contributed by atoms with van der Waals surface area (Å²) in [4.78, 5) is 0. The van der Waals surface area contributed by atoms with Gasteiger partial charge in [0.25, 0.3) is 0 Å². The van der Waals surface area contributed by atoms with Gasteiger partial charge in [0.05, 0.1) is 5.56 Å². The second kappa shape index (κ2) is 3.97. The zero-order valence-electron chi connectivity index (χ0n) is 8.51. The maximum Gasteiger partial charge on any atom is 0.416 e. The van der Waals surface area contributed by atoms with Crippen molar-refractivity contribution in [2.24, 2.45) is 0 Å². The number of anilines is 1. The lowest BCUT2D eigenvalue weighted by molar-refractivity contribution is -0.137.